The summed E-state index contributed by atoms with van der Waals surface area (Å²) < 4.78 is 12.1. The van der Waals surface area contributed by atoms with E-state index in [-0.39, 0.29) is 6.04 Å². The third-order valence-electron chi connectivity index (χ3n) is 3.17. The Morgan fingerprint density at radius 1 is 1.00 bits per heavy atom. The molecule has 0 aromatic heterocycles. The van der Waals surface area contributed by atoms with Crippen LogP contribution in [0, 0.1) is 0 Å². The Labute approximate surface area is 134 Å². The van der Waals surface area contributed by atoms with Gasteiger partial charge in [-0.3, -0.25) is 0 Å². The molecule has 3 nitrogen and oxygen atoms in total. The first kappa shape index (κ1) is 15.9. The lowest BCUT2D eigenvalue weighted by molar-refractivity contribution is 0.335. The summed E-state index contributed by atoms with van der Waals surface area (Å²) in [6.07, 6.45) is 0. The lowest BCUT2D eigenvalue weighted by Gasteiger charge is -2.18. The van der Waals surface area contributed by atoms with E-state index in [9.17, 15) is 0 Å². The normalized spacial score (nSPS) is 12.0. The van der Waals surface area contributed by atoms with Crippen molar-refractivity contribution < 1.29 is 9.47 Å². The summed E-state index contributed by atoms with van der Waals surface area (Å²) in [7, 11) is 0. The second kappa shape index (κ2) is 7.48. The van der Waals surface area contributed by atoms with Crippen molar-refractivity contribution in [3.8, 4) is 11.5 Å². The fraction of sp³-hybridized carbons (Fsp3) is 0.294. The van der Waals surface area contributed by atoms with Crippen LogP contribution >= 0.6 is 15.9 Å². The van der Waals surface area contributed by atoms with Crippen LogP contribution in [0.15, 0.2) is 46.9 Å². The molecule has 2 rings (SSSR count). The van der Waals surface area contributed by atoms with Crippen LogP contribution < -0.4 is 15.2 Å². The van der Waals surface area contributed by atoms with Crippen LogP contribution in [0.2, 0.25) is 0 Å². The van der Waals surface area contributed by atoms with Gasteiger partial charge in [-0.1, -0.05) is 40.2 Å². The average Bonchev–Trinajstić information content (AvgIpc) is 2.48. The lowest BCUT2D eigenvalue weighted by atomic mass is 9.98. The van der Waals surface area contributed by atoms with Crippen LogP contribution in [0.5, 0.6) is 11.5 Å². The molecular formula is C17H20BrNO2. The van der Waals surface area contributed by atoms with Crippen molar-refractivity contribution in [1.29, 1.82) is 0 Å². The topological polar surface area (TPSA) is 44.5 Å². The molecule has 0 aliphatic heterocycles. The first-order valence-electron chi connectivity index (χ1n) is 7.06. The van der Waals surface area contributed by atoms with Crippen molar-refractivity contribution in [2.45, 2.75) is 19.9 Å². The third-order valence-corrected chi connectivity index (χ3v) is 3.86. The molecule has 0 amide bonds. The van der Waals surface area contributed by atoms with Gasteiger partial charge < -0.3 is 15.2 Å². The first-order valence-corrected chi connectivity index (χ1v) is 7.86. The summed E-state index contributed by atoms with van der Waals surface area (Å²) >= 11 is 3.58. The van der Waals surface area contributed by atoms with Crippen LogP contribution in [0.3, 0.4) is 0 Å². The molecule has 0 saturated heterocycles. The fourth-order valence-corrected chi connectivity index (χ4v) is 2.81. The quantitative estimate of drug-likeness (QED) is 0.845. The van der Waals surface area contributed by atoms with Crippen LogP contribution in [0.1, 0.15) is 31.0 Å². The van der Waals surface area contributed by atoms with Gasteiger partial charge in [-0.25, -0.2) is 0 Å². The number of halogens is 1. The Bertz CT molecular complexity index is 601. The predicted molar refractivity (Wildman–Crippen MR) is 89.0 cm³/mol. The van der Waals surface area contributed by atoms with Crippen molar-refractivity contribution in [2.24, 2.45) is 5.73 Å². The Kier molecular flexibility index (Phi) is 5.65. The lowest BCUT2D eigenvalue weighted by Crippen LogP contribution is -2.14. The van der Waals surface area contributed by atoms with Gasteiger partial charge in [-0.15, -0.1) is 0 Å². The summed E-state index contributed by atoms with van der Waals surface area (Å²) in [6, 6.07) is 13.5. The maximum absolute atomic E-state index is 6.42. The third kappa shape index (κ3) is 3.77. The Hall–Kier alpha value is -1.52. The predicted octanol–water partition coefficient (Wildman–Crippen LogP) is 4.29. The number of para-hydroxylation sites is 1. The molecule has 0 saturated carbocycles. The zero-order chi connectivity index (χ0) is 15.2. The minimum absolute atomic E-state index is 0.252. The molecule has 112 valence electrons. The van der Waals surface area contributed by atoms with Crippen molar-refractivity contribution in [1.82, 2.24) is 0 Å². The van der Waals surface area contributed by atoms with Crippen LogP contribution in [-0.4, -0.2) is 13.2 Å². The highest BCUT2D eigenvalue weighted by molar-refractivity contribution is 9.10. The van der Waals surface area contributed by atoms with E-state index in [1.165, 1.54) is 0 Å². The second-order valence-electron chi connectivity index (χ2n) is 4.56. The van der Waals surface area contributed by atoms with Gasteiger partial charge in [0.15, 0.2) is 0 Å². The monoisotopic (exact) mass is 349 g/mol. The molecule has 0 aliphatic rings. The molecule has 1 unspecified atom stereocenters. The molecule has 0 heterocycles. The van der Waals surface area contributed by atoms with Gasteiger partial charge in [-0.05, 0) is 37.6 Å². The van der Waals surface area contributed by atoms with E-state index in [2.05, 4.69) is 15.9 Å². The molecule has 2 aromatic carbocycles. The van der Waals surface area contributed by atoms with E-state index in [0.717, 1.165) is 27.1 Å². The molecule has 0 bridgehead atoms. The molecule has 0 aliphatic carbocycles. The number of ether oxygens (including phenoxy) is 2. The summed E-state index contributed by atoms with van der Waals surface area (Å²) in [5.41, 5.74) is 8.40. The van der Waals surface area contributed by atoms with Crippen LogP contribution in [0.25, 0.3) is 0 Å². The van der Waals surface area contributed by atoms with Gasteiger partial charge in [0, 0.05) is 10.0 Å². The van der Waals surface area contributed by atoms with Gasteiger partial charge >= 0.3 is 0 Å². The standard InChI is InChI=1S/C17H20BrNO2/c1-3-20-12-9-10-13(15(18)11-12)17(19)14-7-5-6-8-16(14)21-4-2/h5-11,17H,3-4,19H2,1-2H3. The van der Waals surface area contributed by atoms with E-state index in [4.69, 9.17) is 15.2 Å². The molecule has 1 atom stereocenters. The smallest absolute Gasteiger partial charge is 0.124 e. The minimum Gasteiger partial charge on any atom is -0.494 e. The average molecular weight is 350 g/mol. The van der Waals surface area contributed by atoms with Crippen molar-refractivity contribution >= 4 is 15.9 Å². The molecule has 0 spiro atoms. The van der Waals surface area contributed by atoms with Gasteiger partial charge in [0.05, 0.1) is 19.3 Å². The zero-order valence-corrected chi connectivity index (χ0v) is 13.9. The number of benzene rings is 2. The first-order chi connectivity index (χ1) is 10.2. The Balaban J connectivity index is 2.33. The van der Waals surface area contributed by atoms with Gasteiger partial charge in [0.25, 0.3) is 0 Å². The molecule has 2 aromatic rings. The van der Waals surface area contributed by atoms with Crippen LogP contribution in [0.4, 0.5) is 0 Å². The summed E-state index contributed by atoms with van der Waals surface area (Å²) in [6.45, 7) is 5.19. The molecule has 0 fully saturated rings. The van der Waals surface area contributed by atoms with E-state index < -0.39 is 0 Å². The molecule has 0 radical (unpaired) electrons. The van der Waals surface area contributed by atoms with E-state index >= 15 is 0 Å². The van der Waals surface area contributed by atoms with Crippen molar-refractivity contribution in [3.63, 3.8) is 0 Å². The van der Waals surface area contributed by atoms with E-state index in [1.54, 1.807) is 0 Å². The maximum Gasteiger partial charge on any atom is 0.124 e. The highest BCUT2D eigenvalue weighted by atomic mass is 79.9. The number of nitrogens with two attached hydrogens (primary N) is 1. The number of hydrogen-bond donors (Lipinski definition) is 1. The fourth-order valence-electron chi connectivity index (χ4n) is 2.21. The summed E-state index contributed by atoms with van der Waals surface area (Å²) in [5, 5.41) is 0. The number of rotatable bonds is 6. The molecule has 21 heavy (non-hydrogen) atoms. The van der Waals surface area contributed by atoms with E-state index in [0.29, 0.717) is 13.2 Å². The van der Waals surface area contributed by atoms with Gasteiger partial charge in [-0.2, -0.15) is 0 Å². The highest BCUT2D eigenvalue weighted by Crippen LogP contribution is 2.33. The second-order valence-corrected chi connectivity index (χ2v) is 5.42. The maximum atomic E-state index is 6.42. The van der Waals surface area contributed by atoms with Crippen molar-refractivity contribution in [3.05, 3.63) is 58.1 Å². The van der Waals surface area contributed by atoms with Crippen LogP contribution in [-0.2, 0) is 0 Å². The summed E-state index contributed by atoms with van der Waals surface area (Å²) in [5.74, 6) is 1.66. The van der Waals surface area contributed by atoms with Gasteiger partial charge in [0.1, 0.15) is 11.5 Å². The molecular weight excluding hydrogens is 330 g/mol. The highest BCUT2D eigenvalue weighted by Gasteiger charge is 2.16. The summed E-state index contributed by atoms with van der Waals surface area (Å²) in [4.78, 5) is 0. The van der Waals surface area contributed by atoms with Gasteiger partial charge in [0.2, 0.25) is 0 Å². The van der Waals surface area contributed by atoms with E-state index in [1.807, 2.05) is 56.3 Å². The van der Waals surface area contributed by atoms with Crippen molar-refractivity contribution in [2.75, 3.05) is 13.2 Å². The molecule has 4 heteroatoms. The zero-order valence-electron chi connectivity index (χ0n) is 12.3. The SMILES string of the molecule is CCOc1ccc(C(N)c2ccccc2OCC)c(Br)c1. The Morgan fingerprint density at radius 3 is 2.38 bits per heavy atom. The Morgan fingerprint density at radius 2 is 1.71 bits per heavy atom. The molecule has 2 N–H and O–H groups in total. The number of hydrogen-bond acceptors (Lipinski definition) is 3. The minimum atomic E-state index is -0.252. The largest absolute Gasteiger partial charge is 0.494 e.